The van der Waals surface area contributed by atoms with E-state index in [4.69, 9.17) is 0 Å². The first-order valence-corrected chi connectivity index (χ1v) is 7.51. The maximum atomic E-state index is 12.1. The molecule has 0 atom stereocenters. The fourth-order valence-electron chi connectivity index (χ4n) is 2.56. The van der Waals surface area contributed by atoms with Crippen LogP contribution in [0.4, 0.5) is 5.69 Å². The molecule has 0 radical (unpaired) electrons. The monoisotopic (exact) mass is 314 g/mol. The lowest BCUT2D eigenvalue weighted by Gasteiger charge is -2.28. The van der Waals surface area contributed by atoms with Crippen molar-refractivity contribution < 1.29 is 14.7 Å². The Hall–Kier alpha value is -2.43. The van der Waals surface area contributed by atoms with E-state index in [1.165, 1.54) is 11.1 Å². The van der Waals surface area contributed by atoms with Crippen LogP contribution in [0.2, 0.25) is 0 Å². The summed E-state index contributed by atoms with van der Waals surface area (Å²) in [6, 6.07) is 6.86. The van der Waals surface area contributed by atoms with Crippen LogP contribution in [-0.2, 0) is 4.79 Å². The maximum Gasteiger partial charge on any atom is 0.253 e. The second-order valence-electron chi connectivity index (χ2n) is 6.81. The number of aliphatic hydroxyl groups excluding tert-OH is 1. The smallest absolute Gasteiger partial charge is 0.253 e. The molecule has 122 valence electrons. The van der Waals surface area contributed by atoms with E-state index < -0.39 is 0 Å². The molecule has 0 heterocycles. The predicted octanol–water partition coefficient (Wildman–Crippen LogP) is 3.29. The van der Waals surface area contributed by atoms with Crippen molar-refractivity contribution >= 4 is 23.6 Å². The molecule has 1 aromatic rings. The number of carbonyl (C=O) groups is 2. The summed E-state index contributed by atoms with van der Waals surface area (Å²) in [5, 5.41) is 10.1. The summed E-state index contributed by atoms with van der Waals surface area (Å²) < 4.78 is 0. The Balaban J connectivity index is 2.26. The zero-order chi connectivity index (χ0) is 17.2. The standard InChI is InChI=1S/C18H22N2O3/c1-18(2)9-15(21)14(16(22)10-18)11-19-13-7-5-6-12(8-13)17(23)20(3)4/h5-8,11,21H,9-10H2,1-4H3. The molecule has 5 nitrogen and oxygen atoms in total. The number of aliphatic hydroxyl groups is 1. The van der Waals surface area contributed by atoms with E-state index >= 15 is 0 Å². The van der Waals surface area contributed by atoms with Gasteiger partial charge in [-0.15, -0.1) is 0 Å². The van der Waals surface area contributed by atoms with E-state index in [1.54, 1.807) is 38.4 Å². The zero-order valence-corrected chi connectivity index (χ0v) is 14.0. The predicted molar refractivity (Wildman–Crippen MR) is 90.3 cm³/mol. The first-order valence-electron chi connectivity index (χ1n) is 7.51. The van der Waals surface area contributed by atoms with Crippen molar-refractivity contribution in [3.63, 3.8) is 0 Å². The molecular weight excluding hydrogens is 292 g/mol. The first-order chi connectivity index (χ1) is 10.7. The van der Waals surface area contributed by atoms with Crippen LogP contribution in [0.1, 0.15) is 37.0 Å². The van der Waals surface area contributed by atoms with Crippen molar-refractivity contribution in [1.29, 1.82) is 0 Å². The molecule has 2 rings (SSSR count). The highest BCUT2D eigenvalue weighted by Crippen LogP contribution is 2.35. The summed E-state index contributed by atoms with van der Waals surface area (Å²) in [5.74, 6) is -0.141. The average Bonchev–Trinajstić information content (AvgIpc) is 2.44. The summed E-state index contributed by atoms with van der Waals surface area (Å²) >= 11 is 0. The number of carbonyl (C=O) groups excluding carboxylic acids is 2. The Morgan fingerprint density at radius 3 is 2.61 bits per heavy atom. The number of hydrogen-bond donors (Lipinski definition) is 1. The van der Waals surface area contributed by atoms with Gasteiger partial charge in [0.15, 0.2) is 5.78 Å². The molecule has 0 aromatic heterocycles. The van der Waals surface area contributed by atoms with Crippen LogP contribution in [0.3, 0.4) is 0 Å². The van der Waals surface area contributed by atoms with Crippen LogP contribution in [0.25, 0.3) is 0 Å². The largest absolute Gasteiger partial charge is 0.511 e. The Kier molecular flexibility index (Phi) is 4.68. The number of benzene rings is 1. The minimum Gasteiger partial charge on any atom is -0.511 e. The minimum absolute atomic E-state index is 0.0792. The molecule has 1 aliphatic rings. The SMILES string of the molecule is CN(C)C(=O)c1cccc(N=CC2=C(O)CC(C)(C)CC2=O)c1. The van der Waals surface area contributed by atoms with Gasteiger partial charge in [-0.1, -0.05) is 19.9 Å². The van der Waals surface area contributed by atoms with Crippen molar-refractivity contribution in [1.82, 2.24) is 4.90 Å². The van der Waals surface area contributed by atoms with E-state index in [-0.39, 0.29) is 28.4 Å². The second kappa shape index (κ2) is 6.36. The van der Waals surface area contributed by atoms with Gasteiger partial charge in [0.25, 0.3) is 5.91 Å². The summed E-state index contributed by atoms with van der Waals surface area (Å²) in [4.78, 5) is 29.8. The molecule has 0 saturated heterocycles. The Bertz CT molecular complexity index is 700. The number of hydrogen-bond acceptors (Lipinski definition) is 4. The molecule has 1 N–H and O–H groups in total. The van der Waals surface area contributed by atoms with Gasteiger partial charge in [0.1, 0.15) is 5.76 Å². The van der Waals surface area contributed by atoms with Gasteiger partial charge >= 0.3 is 0 Å². The molecule has 0 bridgehead atoms. The van der Waals surface area contributed by atoms with E-state index in [2.05, 4.69) is 4.99 Å². The molecule has 5 heteroatoms. The van der Waals surface area contributed by atoms with E-state index in [9.17, 15) is 14.7 Å². The van der Waals surface area contributed by atoms with Crippen molar-refractivity contribution in [2.45, 2.75) is 26.7 Å². The van der Waals surface area contributed by atoms with Gasteiger partial charge in [-0.05, 0) is 23.6 Å². The number of aliphatic imine (C=N–C) groups is 1. The molecule has 0 spiro atoms. The first kappa shape index (κ1) is 16.9. The van der Waals surface area contributed by atoms with Crippen LogP contribution in [0.5, 0.6) is 0 Å². The quantitative estimate of drug-likeness (QED) is 0.870. The van der Waals surface area contributed by atoms with Crippen LogP contribution >= 0.6 is 0 Å². The normalized spacial score (nSPS) is 17.7. The minimum atomic E-state index is -0.226. The summed E-state index contributed by atoms with van der Waals surface area (Å²) in [5.41, 5.74) is 1.12. The van der Waals surface area contributed by atoms with Crippen LogP contribution in [0, 0.1) is 5.41 Å². The lowest BCUT2D eigenvalue weighted by molar-refractivity contribution is -0.117. The van der Waals surface area contributed by atoms with Gasteiger partial charge in [-0.25, -0.2) is 0 Å². The highest BCUT2D eigenvalue weighted by Gasteiger charge is 2.32. The van der Waals surface area contributed by atoms with Crippen molar-refractivity contribution in [3.8, 4) is 0 Å². The molecule has 0 unspecified atom stereocenters. The molecule has 0 fully saturated rings. The highest BCUT2D eigenvalue weighted by atomic mass is 16.3. The maximum absolute atomic E-state index is 12.1. The van der Waals surface area contributed by atoms with E-state index in [0.29, 0.717) is 24.1 Å². The molecule has 0 aliphatic heterocycles. The van der Waals surface area contributed by atoms with Crippen LogP contribution in [-0.4, -0.2) is 42.0 Å². The fourth-order valence-corrected chi connectivity index (χ4v) is 2.56. The van der Waals surface area contributed by atoms with Gasteiger partial charge < -0.3 is 10.0 Å². The average molecular weight is 314 g/mol. The highest BCUT2D eigenvalue weighted by molar-refractivity contribution is 6.15. The summed E-state index contributed by atoms with van der Waals surface area (Å²) in [6.45, 7) is 3.90. The zero-order valence-electron chi connectivity index (χ0n) is 14.0. The van der Waals surface area contributed by atoms with Crippen molar-refractivity contribution in [2.75, 3.05) is 14.1 Å². The van der Waals surface area contributed by atoms with Gasteiger partial charge in [-0.2, -0.15) is 0 Å². The van der Waals surface area contributed by atoms with Crippen LogP contribution < -0.4 is 0 Å². The molecule has 1 aromatic carbocycles. The van der Waals surface area contributed by atoms with Gasteiger partial charge in [0, 0.05) is 38.7 Å². The summed E-state index contributed by atoms with van der Waals surface area (Å²) in [6.07, 6.45) is 2.24. The van der Waals surface area contributed by atoms with Crippen molar-refractivity contribution in [3.05, 3.63) is 41.2 Å². The third-order valence-electron chi connectivity index (χ3n) is 3.74. The van der Waals surface area contributed by atoms with Crippen molar-refractivity contribution in [2.24, 2.45) is 10.4 Å². The van der Waals surface area contributed by atoms with E-state index in [0.717, 1.165) is 0 Å². The number of amides is 1. The Morgan fingerprint density at radius 1 is 1.30 bits per heavy atom. The molecule has 23 heavy (non-hydrogen) atoms. The summed E-state index contributed by atoms with van der Waals surface area (Å²) in [7, 11) is 3.37. The Morgan fingerprint density at radius 2 is 2.00 bits per heavy atom. The molecular formula is C18H22N2O3. The number of ketones is 1. The fraction of sp³-hybridized carbons (Fsp3) is 0.389. The number of allylic oxidation sites excluding steroid dienone is 2. The van der Waals surface area contributed by atoms with Crippen LogP contribution in [0.15, 0.2) is 40.6 Å². The topological polar surface area (TPSA) is 70.0 Å². The van der Waals surface area contributed by atoms with Gasteiger partial charge in [0.2, 0.25) is 0 Å². The number of nitrogens with zero attached hydrogens (tertiary/aromatic N) is 2. The number of Topliss-reactive ketones (excluding diaryl/α,β-unsaturated/α-hetero) is 1. The third kappa shape index (κ3) is 4.06. The lowest BCUT2D eigenvalue weighted by atomic mass is 9.77. The second-order valence-corrected chi connectivity index (χ2v) is 6.81. The lowest BCUT2D eigenvalue weighted by Crippen LogP contribution is -2.26. The van der Waals surface area contributed by atoms with E-state index in [1.807, 2.05) is 13.8 Å². The Labute approximate surface area is 136 Å². The van der Waals surface area contributed by atoms with Gasteiger partial charge in [-0.3, -0.25) is 14.6 Å². The molecule has 1 amide bonds. The molecule has 1 aliphatic carbocycles. The molecule has 0 saturated carbocycles. The number of rotatable bonds is 3. The third-order valence-corrected chi connectivity index (χ3v) is 3.74. The van der Waals surface area contributed by atoms with Gasteiger partial charge in [0.05, 0.1) is 11.3 Å².